The zero-order chi connectivity index (χ0) is 12.8. The first kappa shape index (κ1) is 13.0. The van der Waals surface area contributed by atoms with Gasteiger partial charge in [-0.05, 0) is 50.6 Å². The lowest BCUT2D eigenvalue weighted by molar-refractivity contribution is -0.132. The molecule has 2 rings (SSSR count). The molecule has 1 aliphatic rings. The summed E-state index contributed by atoms with van der Waals surface area (Å²) < 4.78 is 0. The summed E-state index contributed by atoms with van der Waals surface area (Å²) >= 11 is 0. The largest absolute Gasteiger partial charge is 0.335 e. The maximum absolute atomic E-state index is 12.2. The Morgan fingerprint density at radius 3 is 2.78 bits per heavy atom. The Balaban J connectivity index is 1.89. The second kappa shape index (κ2) is 6.50. The van der Waals surface area contributed by atoms with Crippen LogP contribution in [-0.4, -0.2) is 35.4 Å². The van der Waals surface area contributed by atoms with Gasteiger partial charge in [-0.2, -0.15) is 0 Å². The van der Waals surface area contributed by atoms with Gasteiger partial charge in [-0.15, -0.1) is 0 Å². The van der Waals surface area contributed by atoms with Crippen molar-refractivity contribution >= 4 is 5.91 Å². The van der Waals surface area contributed by atoms with Crippen molar-refractivity contribution in [2.24, 2.45) is 0 Å². The predicted molar refractivity (Wildman–Crippen MR) is 71.0 cm³/mol. The van der Waals surface area contributed by atoms with Crippen LogP contribution in [0, 0.1) is 0 Å². The second-order valence-corrected chi connectivity index (χ2v) is 4.82. The first-order valence-electron chi connectivity index (χ1n) is 6.64. The van der Waals surface area contributed by atoms with E-state index in [1.165, 1.54) is 5.56 Å². The van der Waals surface area contributed by atoms with Crippen LogP contribution in [0.5, 0.6) is 0 Å². The molecule has 0 radical (unpaired) electrons. The van der Waals surface area contributed by atoms with Crippen molar-refractivity contribution in [3.8, 4) is 0 Å². The van der Waals surface area contributed by atoms with Gasteiger partial charge in [-0.3, -0.25) is 9.78 Å². The molecule has 0 unspecified atom stereocenters. The van der Waals surface area contributed by atoms with Gasteiger partial charge in [0.2, 0.25) is 5.91 Å². The Morgan fingerprint density at radius 2 is 2.17 bits per heavy atom. The number of carbonyl (C=O) groups is 1. The Kier molecular flexibility index (Phi) is 4.70. The summed E-state index contributed by atoms with van der Waals surface area (Å²) in [6.07, 6.45) is 7.43. The molecule has 1 aromatic rings. The summed E-state index contributed by atoms with van der Waals surface area (Å²) in [4.78, 5) is 18.2. The quantitative estimate of drug-likeness (QED) is 0.744. The van der Waals surface area contributed by atoms with Crippen LogP contribution < -0.4 is 5.32 Å². The Labute approximate surface area is 108 Å². The first-order chi connectivity index (χ1) is 8.81. The molecule has 1 aliphatic carbocycles. The van der Waals surface area contributed by atoms with E-state index in [0.29, 0.717) is 12.5 Å². The average Bonchev–Trinajstić information content (AvgIpc) is 3.21. The van der Waals surface area contributed by atoms with E-state index in [1.807, 2.05) is 24.1 Å². The van der Waals surface area contributed by atoms with Gasteiger partial charge in [0.05, 0.1) is 0 Å². The summed E-state index contributed by atoms with van der Waals surface area (Å²) in [6, 6.07) is 4.44. The van der Waals surface area contributed by atoms with E-state index in [1.54, 1.807) is 12.4 Å². The van der Waals surface area contributed by atoms with Crippen LogP contribution in [0.3, 0.4) is 0 Å². The van der Waals surface area contributed by atoms with E-state index in [0.717, 1.165) is 32.4 Å². The van der Waals surface area contributed by atoms with Gasteiger partial charge in [0.15, 0.2) is 0 Å². The maximum atomic E-state index is 12.2. The van der Waals surface area contributed by atoms with Crippen molar-refractivity contribution in [1.29, 1.82) is 0 Å². The van der Waals surface area contributed by atoms with E-state index >= 15 is 0 Å². The summed E-state index contributed by atoms with van der Waals surface area (Å²) in [6.45, 7) is 1.63. The lowest BCUT2D eigenvalue weighted by Crippen LogP contribution is -2.32. The number of rotatable bonds is 7. The fraction of sp³-hybridized carbons (Fsp3) is 0.571. The molecule has 1 heterocycles. The summed E-state index contributed by atoms with van der Waals surface area (Å²) in [7, 11) is 1.92. The van der Waals surface area contributed by atoms with Gasteiger partial charge in [-0.1, -0.05) is 0 Å². The van der Waals surface area contributed by atoms with E-state index in [4.69, 9.17) is 0 Å². The molecule has 0 atom stereocenters. The van der Waals surface area contributed by atoms with Crippen molar-refractivity contribution in [1.82, 2.24) is 15.2 Å². The lowest BCUT2D eigenvalue weighted by atomic mass is 10.2. The highest BCUT2D eigenvalue weighted by atomic mass is 16.2. The molecule has 1 amide bonds. The minimum atomic E-state index is 0.282. The molecule has 4 heteroatoms. The van der Waals surface area contributed by atoms with Crippen LogP contribution in [0.15, 0.2) is 24.5 Å². The van der Waals surface area contributed by atoms with Crippen LogP contribution in [0.25, 0.3) is 0 Å². The van der Waals surface area contributed by atoms with Crippen LogP contribution in [0.4, 0.5) is 0 Å². The molecule has 1 N–H and O–H groups in total. The second-order valence-electron chi connectivity index (χ2n) is 4.82. The fourth-order valence-corrected chi connectivity index (χ4v) is 2.05. The molecule has 18 heavy (non-hydrogen) atoms. The van der Waals surface area contributed by atoms with Gasteiger partial charge < -0.3 is 10.2 Å². The Morgan fingerprint density at radius 1 is 1.44 bits per heavy atom. The van der Waals surface area contributed by atoms with Crippen LogP contribution >= 0.6 is 0 Å². The molecule has 1 aromatic heterocycles. The minimum Gasteiger partial charge on any atom is -0.335 e. The summed E-state index contributed by atoms with van der Waals surface area (Å²) in [5.74, 6) is 0.282. The highest BCUT2D eigenvalue weighted by Gasteiger charge is 2.31. The number of nitrogens with one attached hydrogen (secondary N) is 1. The minimum absolute atomic E-state index is 0.282. The topological polar surface area (TPSA) is 45.2 Å². The molecule has 0 spiro atoms. The molecular weight excluding hydrogens is 226 g/mol. The van der Waals surface area contributed by atoms with E-state index in [9.17, 15) is 4.79 Å². The summed E-state index contributed by atoms with van der Waals surface area (Å²) in [5, 5.41) is 3.08. The Bertz CT molecular complexity index is 376. The molecule has 98 valence electrons. The maximum Gasteiger partial charge on any atom is 0.223 e. The molecule has 1 fully saturated rings. The van der Waals surface area contributed by atoms with Crippen molar-refractivity contribution in [2.75, 3.05) is 13.6 Å². The lowest BCUT2D eigenvalue weighted by Gasteiger charge is -2.22. The molecule has 4 nitrogen and oxygen atoms in total. The Hall–Kier alpha value is -1.42. The molecule has 0 bridgehead atoms. The van der Waals surface area contributed by atoms with Crippen molar-refractivity contribution in [2.45, 2.75) is 38.3 Å². The van der Waals surface area contributed by atoms with Gasteiger partial charge in [0, 0.05) is 31.4 Å². The zero-order valence-corrected chi connectivity index (χ0v) is 10.9. The monoisotopic (exact) mass is 247 g/mol. The van der Waals surface area contributed by atoms with Crippen LogP contribution in [0.2, 0.25) is 0 Å². The number of pyridine rings is 1. The third-order valence-corrected chi connectivity index (χ3v) is 3.23. The van der Waals surface area contributed by atoms with Crippen molar-refractivity contribution in [3.05, 3.63) is 30.1 Å². The summed E-state index contributed by atoms with van der Waals surface area (Å²) in [5.41, 5.74) is 1.17. The van der Waals surface area contributed by atoms with Gasteiger partial charge in [-0.25, -0.2) is 0 Å². The van der Waals surface area contributed by atoms with Gasteiger partial charge >= 0.3 is 0 Å². The zero-order valence-electron chi connectivity index (χ0n) is 10.9. The van der Waals surface area contributed by atoms with E-state index in [-0.39, 0.29) is 5.91 Å². The van der Waals surface area contributed by atoms with Crippen LogP contribution in [-0.2, 0) is 11.3 Å². The molecule has 1 saturated carbocycles. The number of hydrogen-bond donors (Lipinski definition) is 1. The van der Waals surface area contributed by atoms with Crippen molar-refractivity contribution < 1.29 is 4.79 Å². The third-order valence-electron chi connectivity index (χ3n) is 3.23. The first-order valence-corrected chi connectivity index (χ1v) is 6.64. The standard InChI is InChI=1S/C14H21N3O/c1-15-8-2-3-14(18)17(13-4-5-13)11-12-6-9-16-10-7-12/h6-7,9-10,13,15H,2-5,8,11H2,1H3. The average molecular weight is 247 g/mol. The number of amides is 1. The van der Waals surface area contributed by atoms with Gasteiger partial charge in [0.1, 0.15) is 0 Å². The van der Waals surface area contributed by atoms with Gasteiger partial charge in [0.25, 0.3) is 0 Å². The normalized spacial score (nSPS) is 14.5. The van der Waals surface area contributed by atoms with E-state index in [2.05, 4.69) is 10.3 Å². The highest BCUT2D eigenvalue weighted by molar-refractivity contribution is 5.76. The van der Waals surface area contributed by atoms with E-state index < -0.39 is 0 Å². The molecule has 0 saturated heterocycles. The highest BCUT2D eigenvalue weighted by Crippen LogP contribution is 2.29. The number of nitrogens with zero attached hydrogens (tertiary/aromatic N) is 2. The SMILES string of the molecule is CNCCCC(=O)N(Cc1ccncc1)C1CC1. The number of hydrogen-bond acceptors (Lipinski definition) is 3. The van der Waals surface area contributed by atoms with Crippen LogP contribution in [0.1, 0.15) is 31.2 Å². The number of aromatic nitrogens is 1. The third kappa shape index (κ3) is 3.81. The molecule has 0 aliphatic heterocycles. The fourth-order valence-electron chi connectivity index (χ4n) is 2.05. The molecule has 0 aromatic carbocycles. The molecular formula is C14H21N3O. The smallest absolute Gasteiger partial charge is 0.223 e. The predicted octanol–water partition coefficient (Wildman–Crippen LogP) is 1.57. The number of carbonyl (C=O) groups excluding carboxylic acids is 1. The van der Waals surface area contributed by atoms with Crippen molar-refractivity contribution in [3.63, 3.8) is 0 Å².